The molecule has 0 bridgehead atoms. The molecule has 2 fully saturated rings. The molecule has 0 aliphatic carbocycles. The van der Waals surface area contributed by atoms with Gasteiger partial charge in [0.2, 0.25) is 5.91 Å². The zero-order valence-corrected chi connectivity index (χ0v) is 21.0. The molecule has 38 heavy (non-hydrogen) atoms. The van der Waals surface area contributed by atoms with Crippen LogP contribution in [0.25, 0.3) is 0 Å². The molecule has 2 heterocycles. The van der Waals surface area contributed by atoms with Crippen molar-refractivity contribution in [3.63, 3.8) is 0 Å². The first kappa shape index (κ1) is 27.4. The van der Waals surface area contributed by atoms with Gasteiger partial charge in [0.1, 0.15) is 0 Å². The fourth-order valence-corrected chi connectivity index (χ4v) is 4.93. The summed E-state index contributed by atoms with van der Waals surface area (Å²) < 4.78 is 38.6. The van der Waals surface area contributed by atoms with Crippen LogP contribution in [0.5, 0.6) is 0 Å². The number of alkyl halides is 3. The molecule has 0 unspecified atom stereocenters. The fraction of sp³-hybridized carbons (Fsp3) is 0.444. The molecule has 0 radical (unpaired) electrons. The van der Waals surface area contributed by atoms with Crippen LogP contribution in [0.1, 0.15) is 40.7 Å². The van der Waals surface area contributed by atoms with Gasteiger partial charge < -0.3 is 20.9 Å². The number of carbonyl (C=O) groups excluding carboxylic acids is 3. The monoisotopic (exact) mass is 531 g/mol. The minimum atomic E-state index is -4.55. The van der Waals surface area contributed by atoms with Crippen LogP contribution >= 0.6 is 0 Å². The van der Waals surface area contributed by atoms with Gasteiger partial charge in [-0.15, -0.1) is 0 Å². The number of amides is 4. The minimum Gasteiger partial charge on any atom is -0.350 e. The molecule has 4 amide bonds. The van der Waals surface area contributed by atoms with Gasteiger partial charge in [-0.2, -0.15) is 13.2 Å². The number of rotatable bonds is 7. The number of hydrogen-bond donors (Lipinski definition) is 3. The third-order valence-corrected chi connectivity index (χ3v) is 7.00. The number of piperidine rings is 1. The summed E-state index contributed by atoms with van der Waals surface area (Å²) in [6.45, 7) is 3.01. The number of benzene rings is 2. The summed E-state index contributed by atoms with van der Waals surface area (Å²) >= 11 is 0. The van der Waals surface area contributed by atoms with Gasteiger partial charge in [0.25, 0.3) is 5.91 Å². The van der Waals surface area contributed by atoms with Crippen molar-refractivity contribution in [3.05, 3.63) is 71.3 Å². The lowest BCUT2D eigenvalue weighted by molar-refractivity contribution is -0.137. The van der Waals surface area contributed by atoms with Crippen molar-refractivity contribution in [2.45, 2.75) is 44.1 Å². The van der Waals surface area contributed by atoms with E-state index in [-0.39, 0.29) is 30.1 Å². The maximum Gasteiger partial charge on any atom is 0.416 e. The van der Waals surface area contributed by atoms with E-state index in [0.29, 0.717) is 32.2 Å². The van der Waals surface area contributed by atoms with Crippen LogP contribution in [0.4, 0.5) is 18.0 Å². The van der Waals surface area contributed by atoms with Crippen LogP contribution in [-0.4, -0.2) is 72.5 Å². The first-order chi connectivity index (χ1) is 18.2. The first-order valence-electron chi connectivity index (χ1n) is 12.7. The Hall–Kier alpha value is -3.60. The number of nitrogens with zero attached hydrogens (tertiary/aromatic N) is 2. The number of nitrogens with one attached hydrogen (secondary N) is 3. The summed E-state index contributed by atoms with van der Waals surface area (Å²) in [5.74, 6) is -1.12. The highest BCUT2D eigenvalue weighted by molar-refractivity contribution is 5.96. The Labute approximate surface area is 219 Å². The lowest BCUT2D eigenvalue weighted by Gasteiger charge is -2.36. The Bertz CT molecular complexity index is 1120. The van der Waals surface area contributed by atoms with Crippen molar-refractivity contribution in [2.24, 2.45) is 0 Å². The molecule has 1 atom stereocenters. The molecular formula is C27H32F3N5O3. The van der Waals surface area contributed by atoms with Crippen molar-refractivity contribution in [1.29, 1.82) is 0 Å². The molecule has 2 aliphatic rings. The van der Waals surface area contributed by atoms with E-state index >= 15 is 0 Å². The standard InChI is InChI=1S/C27H32F3N5O3/c28-27(29,30)21-8-4-7-20(15-21)25(37)31-17-24(36)33-22-9-12-35(18-22)23-10-13-34(14-11-23)26(38)32-16-19-5-2-1-3-6-19/h1-8,15,22-23H,9-14,16-18H2,(H,31,37)(H,32,38)(H,33,36)/t22-/m1/s1. The fourth-order valence-electron chi connectivity index (χ4n) is 4.93. The van der Waals surface area contributed by atoms with Crippen molar-refractivity contribution in [1.82, 2.24) is 25.8 Å². The average molecular weight is 532 g/mol. The third kappa shape index (κ3) is 7.47. The number of likely N-dealkylation sites (tertiary alicyclic amines) is 2. The van der Waals surface area contributed by atoms with E-state index in [1.807, 2.05) is 35.2 Å². The van der Waals surface area contributed by atoms with E-state index in [0.717, 1.165) is 49.6 Å². The van der Waals surface area contributed by atoms with Crippen LogP contribution in [0.2, 0.25) is 0 Å². The van der Waals surface area contributed by atoms with Crippen LogP contribution in [0.15, 0.2) is 54.6 Å². The molecule has 4 rings (SSSR count). The second-order valence-electron chi connectivity index (χ2n) is 9.67. The molecule has 2 aliphatic heterocycles. The van der Waals surface area contributed by atoms with E-state index in [1.54, 1.807) is 0 Å². The molecule has 8 nitrogen and oxygen atoms in total. The summed E-state index contributed by atoms with van der Waals surface area (Å²) in [6, 6.07) is 14.0. The molecule has 3 N–H and O–H groups in total. The Morgan fingerprint density at radius 3 is 2.34 bits per heavy atom. The normalized spacial score (nSPS) is 18.7. The Morgan fingerprint density at radius 1 is 0.895 bits per heavy atom. The summed E-state index contributed by atoms with van der Waals surface area (Å²) in [5, 5.41) is 8.25. The second kappa shape index (κ2) is 12.3. The Morgan fingerprint density at radius 2 is 1.63 bits per heavy atom. The average Bonchev–Trinajstić information content (AvgIpc) is 3.39. The van der Waals surface area contributed by atoms with Gasteiger partial charge in [-0.05, 0) is 43.0 Å². The molecule has 2 saturated heterocycles. The minimum absolute atomic E-state index is 0.0638. The predicted molar refractivity (Wildman–Crippen MR) is 135 cm³/mol. The van der Waals surface area contributed by atoms with Gasteiger partial charge in [0.05, 0.1) is 12.1 Å². The molecule has 204 valence electrons. The Balaban J connectivity index is 1.15. The molecule has 0 spiro atoms. The molecule has 2 aromatic carbocycles. The van der Waals surface area contributed by atoms with Gasteiger partial charge in [-0.25, -0.2) is 4.79 Å². The zero-order valence-electron chi connectivity index (χ0n) is 21.0. The van der Waals surface area contributed by atoms with Crippen LogP contribution < -0.4 is 16.0 Å². The highest BCUT2D eigenvalue weighted by Gasteiger charge is 2.33. The van der Waals surface area contributed by atoms with Crippen LogP contribution in [0.3, 0.4) is 0 Å². The van der Waals surface area contributed by atoms with Gasteiger partial charge in [0, 0.05) is 50.4 Å². The number of urea groups is 1. The van der Waals surface area contributed by atoms with Crippen LogP contribution in [-0.2, 0) is 17.5 Å². The van der Waals surface area contributed by atoms with Crippen molar-refractivity contribution in [3.8, 4) is 0 Å². The van der Waals surface area contributed by atoms with E-state index in [9.17, 15) is 27.6 Å². The number of halogens is 3. The van der Waals surface area contributed by atoms with Crippen molar-refractivity contribution >= 4 is 17.8 Å². The summed E-state index contributed by atoms with van der Waals surface area (Å²) in [6.07, 6.45) is -2.07. The maximum absolute atomic E-state index is 12.9. The third-order valence-electron chi connectivity index (χ3n) is 7.00. The van der Waals surface area contributed by atoms with Gasteiger partial charge in [0.15, 0.2) is 0 Å². The number of carbonyl (C=O) groups is 3. The highest BCUT2D eigenvalue weighted by atomic mass is 19.4. The zero-order chi connectivity index (χ0) is 27.1. The quantitative estimate of drug-likeness (QED) is 0.512. The molecule has 2 aromatic rings. The number of hydrogen-bond acceptors (Lipinski definition) is 4. The van der Waals surface area contributed by atoms with E-state index in [2.05, 4.69) is 20.9 Å². The van der Waals surface area contributed by atoms with Gasteiger partial charge in [-0.3, -0.25) is 14.5 Å². The largest absolute Gasteiger partial charge is 0.416 e. The van der Waals surface area contributed by atoms with E-state index in [4.69, 9.17) is 0 Å². The Kier molecular flexibility index (Phi) is 8.88. The lowest BCUT2D eigenvalue weighted by Crippen LogP contribution is -2.49. The summed E-state index contributed by atoms with van der Waals surface area (Å²) in [7, 11) is 0. The summed E-state index contributed by atoms with van der Waals surface area (Å²) in [4.78, 5) is 41.2. The predicted octanol–water partition coefficient (Wildman–Crippen LogP) is 3.00. The highest BCUT2D eigenvalue weighted by Crippen LogP contribution is 2.29. The smallest absolute Gasteiger partial charge is 0.350 e. The van der Waals surface area contributed by atoms with Crippen LogP contribution in [0, 0.1) is 0 Å². The topological polar surface area (TPSA) is 93.8 Å². The molecule has 0 saturated carbocycles. The van der Waals surface area contributed by atoms with E-state index in [1.165, 1.54) is 6.07 Å². The molecule has 11 heteroatoms. The maximum atomic E-state index is 12.9. The molecule has 0 aromatic heterocycles. The van der Waals surface area contributed by atoms with Crippen molar-refractivity contribution < 1.29 is 27.6 Å². The lowest BCUT2D eigenvalue weighted by atomic mass is 10.0. The first-order valence-corrected chi connectivity index (χ1v) is 12.7. The van der Waals surface area contributed by atoms with E-state index < -0.39 is 17.6 Å². The molecular weight excluding hydrogens is 499 g/mol. The van der Waals surface area contributed by atoms with Crippen molar-refractivity contribution in [2.75, 3.05) is 32.7 Å². The van der Waals surface area contributed by atoms with Gasteiger partial charge >= 0.3 is 12.2 Å². The van der Waals surface area contributed by atoms with Gasteiger partial charge in [-0.1, -0.05) is 36.4 Å². The second-order valence-corrected chi connectivity index (χ2v) is 9.67. The summed E-state index contributed by atoms with van der Waals surface area (Å²) in [5.41, 5.74) is -0.0184. The SMILES string of the molecule is O=C(CNC(=O)c1cccc(C(F)(F)F)c1)N[C@@H]1CCN(C2CCN(C(=O)NCc3ccccc3)CC2)C1.